The number of amides is 2. The van der Waals surface area contributed by atoms with E-state index in [4.69, 9.17) is 14.2 Å². The van der Waals surface area contributed by atoms with Gasteiger partial charge in [0.15, 0.2) is 11.5 Å². The van der Waals surface area contributed by atoms with E-state index in [0.717, 1.165) is 0 Å². The van der Waals surface area contributed by atoms with E-state index in [0.29, 0.717) is 43.4 Å². The van der Waals surface area contributed by atoms with Crippen LogP contribution in [0, 0.1) is 0 Å². The first-order valence-corrected chi connectivity index (χ1v) is 8.16. The average Bonchev–Trinajstić information content (AvgIpc) is 3.07. The van der Waals surface area contributed by atoms with E-state index in [1.807, 2.05) is 0 Å². The maximum Gasteiger partial charge on any atom is 0.311 e. The van der Waals surface area contributed by atoms with Crippen LogP contribution >= 0.6 is 0 Å². The van der Waals surface area contributed by atoms with E-state index in [1.54, 1.807) is 28.0 Å². The smallest absolute Gasteiger partial charge is 0.311 e. The van der Waals surface area contributed by atoms with E-state index in [1.165, 1.54) is 6.92 Å². The van der Waals surface area contributed by atoms with E-state index >= 15 is 0 Å². The summed E-state index contributed by atoms with van der Waals surface area (Å²) < 4.78 is 15.6. The predicted molar refractivity (Wildman–Crippen MR) is 86.3 cm³/mol. The third-order valence-corrected chi connectivity index (χ3v) is 4.20. The summed E-state index contributed by atoms with van der Waals surface area (Å²) in [6.45, 7) is 3.72. The minimum Gasteiger partial charge on any atom is -0.454 e. The van der Waals surface area contributed by atoms with Crippen molar-refractivity contribution in [1.29, 1.82) is 0 Å². The molecule has 2 amide bonds. The van der Waals surface area contributed by atoms with Gasteiger partial charge in [0.1, 0.15) is 5.75 Å². The SMILES string of the molecule is CC(=O)N1CCN(C(=O)CCC(=O)Oc2ccc3c(c2)OCO3)CC1. The van der Waals surface area contributed by atoms with Gasteiger partial charge in [-0.05, 0) is 12.1 Å². The molecule has 0 N–H and O–H groups in total. The number of carbonyl (C=O) groups excluding carboxylic acids is 3. The number of piperazine rings is 1. The van der Waals surface area contributed by atoms with Crippen molar-refractivity contribution in [3.8, 4) is 17.2 Å². The number of carbonyl (C=O) groups is 3. The maximum absolute atomic E-state index is 12.2. The molecule has 3 rings (SSSR count). The number of nitrogens with zero attached hydrogens (tertiary/aromatic N) is 2. The summed E-state index contributed by atoms with van der Waals surface area (Å²) in [5.74, 6) is 0.931. The van der Waals surface area contributed by atoms with Crippen molar-refractivity contribution in [3.05, 3.63) is 18.2 Å². The fourth-order valence-electron chi connectivity index (χ4n) is 2.76. The number of ether oxygens (including phenoxy) is 3. The van der Waals surface area contributed by atoms with Crippen LogP contribution in [-0.4, -0.2) is 60.6 Å². The molecule has 8 nitrogen and oxygen atoms in total. The minimum atomic E-state index is -0.477. The minimum absolute atomic E-state index is 0.000196. The zero-order valence-corrected chi connectivity index (χ0v) is 14.0. The largest absolute Gasteiger partial charge is 0.454 e. The summed E-state index contributed by atoms with van der Waals surface area (Å²) >= 11 is 0. The lowest BCUT2D eigenvalue weighted by molar-refractivity contribution is -0.141. The van der Waals surface area contributed by atoms with Gasteiger partial charge in [0.2, 0.25) is 18.6 Å². The van der Waals surface area contributed by atoms with Crippen molar-refractivity contribution in [1.82, 2.24) is 9.80 Å². The van der Waals surface area contributed by atoms with E-state index < -0.39 is 5.97 Å². The van der Waals surface area contributed by atoms with Gasteiger partial charge in [0.25, 0.3) is 0 Å². The quantitative estimate of drug-likeness (QED) is 0.591. The zero-order valence-electron chi connectivity index (χ0n) is 14.0. The van der Waals surface area contributed by atoms with Crippen molar-refractivity contribution >= 4 is 17.8 Å². The lowest BCUT2D eigenvalue weighted by Gasteiger charge is -2.34. The molecular formula is C17H20N2O6. The number of benzene rings is 1. The second-order valence-corrected chi connectivity index (χ2v) is 5.88. The molecule has 0 saturated carbocycles. The van der Waals surface area contributed by atoms with Gasteiger partial charge in [-0.1, -0.05) is 0 Å². The van der Waals surface area contributed by atoms with Crippen LogP contribution in [0.2, 0.25) is 0 Å². The summed E-state index contributed by atoms with van der Waals surface area (Å²) in [5.41, 5.74) is 0. The van der Waals surface area contributed by atoms with Gasteiger partial charge in [-0.25, -0.2) is 0 Å². The van der Waals surface area contributed by atoms with Crippen molar-refractivity contribution in [3.63, 3.8) is 0 Å². The first-order valence-electron chi connectivity index (χ1n) is 8.16. The fraction of sp³-hybridized carbons (Fsp3) is 0.471. The number of hydrogen-bond donors (Lipinski definition) is 0. The molecule has 0 aliphatic carbocycles. The molecule has 2 aliphatic rings. The van der Waals surface area contributed by atoms with Crippen LogP contribution in [0.1, 0.15) is 19.8 Å². The molecule has 134 valence electrons. The Morgan fingerprint density at radius 3 is 2.40 bits per heavy atom. The van der Waals surface area contributed by atoms with Crippen LogP contribution in [0.25, 0.3) is 0 Å². The molecule has 8 heteroatoms. The molecule has 0 unspecified atom stereocenters. The summed E-state index contributed by atoms with van der Waals surface area (Å²) in [7, 11) is 0. The van der Waals surface area contributed by atoms with Crippen LogP contribution < -0.4 is 14.2 Å². The third-order valence-electron chi connectivity index (χ3n) is 4.20. The molecule has 1 fully saturated rings. The highest BCUT2D eigenvalue weighted by Gasteiger charge is 2.23. The number of hydrogen-bond acceptors (Lipinski definition) is 6. The Hall–Kier alpha value is -2.77. The monoisotopic (exact) mass is 348 g/mol. The molecule has 1 aromatic rings. The van der Waals surface area contributed by atoms with Crippen molar-refractivity contribution in [2.45, 2.75) is 19.8 Å². The van der Waals surface area contributed by atoms with E-state index in [-0.39, 0.29) is 31.4 Å². The number of rotatable bonds is 4. The van der Waals surface area contributed by atoms with Gasteiger partial charge < -0.3 is 24.0 Å². The molecular weight excluding hydrogens is 328 g/mol. The summed E-state index contributed by atoms with van der Waals surface area (Å²) in [4.78, 5) is 38.7. The Morgan fingerprint density at radius 1 is 1.00 bits per heavy atom. The average molecular weight is 348 g/mol. The number of esters is 1. The molecule has 0 aromatic heterocycles. The van der Waals surface area contributed by atoms with Crippen molar-refractivity contribution in [2.24, 2.45) is 0 Å². The first-order chi connectivity index (χ1) is 12.0. The highest BCUT2D eigenvalue weighted by Crippen LogP contribution is 2.35. The summed E-state index contributed by atoms with van der Waals surface area (Å²) in [6, 6.07) is 4.88. The highest BCUT2D eigenvalue weighted by atomic mass is 16.7. The molecule has 2 heterocycles. The van der Waals surface area contributed by atoms with E-state index in [2.05, 4.69) is 0 Å². The molecule has 0 bridgehead atoms. The van der Waals surface area contributed by atoms with Gasteiger partial charge in [-0.3, -0.25) is 14.4 Å². The Morgan fingerprint density at radius 2 is 1.68 bits per heavy atom. The highest BCUT2D eigenvalue weighted by molar-refractivity contribution is 5.82. The van der Waals surface area contributed by atoms with Crippen LogP contribution in [0.3, 0.4) is 0 Å². The van der Waals surface area contributed by atoms with Gasteiger partial charge in [0.05, 0.1) is 6.42 Å². The Labute approximate surface area is 145 Å². The van der Waals surface area contributed by atoms with Gasteiger partial charge >= 0.3 is 5.97 Å². The normalized spacial score (nSPS) is 15.9. The Balaban J connectivity index is 1.43. The summed E-state index contributed by atoms with van der Waals surface area (Å²) in [6.07, 6.45) is 0.0870. The number of fused-ring (bicyclic) bond motifs is 1. The molecule has 1 saturated heterocycles. The second-order valence-electron chi connectivity index (χ2n) is 5.88. The lowest BCUT2D eigenvalue weighted by Crippen LogP contribution is -2.50. The van der Waals surface area contributed by atoms with Crippen molar-refractivity contribution < 1.29 is 28.6 Å². The zero-order chi connectivity index (χ0) is 17.8. The first kappa shape index (κ1) is 17.1. The van der Waals surface area contributed by atoms with Crippen molar-refractivity contribution in [2.75, 3.05) is 33.0 Å². The van der Waals surface area contributed by atoms with Crippen LogP contribution in [-0.2, 0) is 14.4 Å². The molecule has 0 radical (unpaired) electrons. The standard InChI is InChI=1S/C17H20N2O6/c1-12(20)18-6-8-19(9-7-18)16(21)4-5-17(22)25-13-2-3-14-15(10-13)24-11-23-14/h2-3,10H,4-9,11H2,1H3. The van der Waals surface area contributed by atoms with Gasteiger partial charge in [-0.15, -0.1) is 0 Å². The van der Waals surface area contributed by atoms with Gasteiger partial charge in [-0.2, -0.15) is 0 Å². The third kappa shape index (κ3) is 4.20. The molecule has 1 aromatic carbocycles. The molecule has 25 heavy (non-hydrogen) atoms. The van der Waals surface area contributed by atoms with Crippen LogP contribution in [0.4, 0.5) is 0 Å². The fourth-order valence-corrected chi connectivity index (χ4v) is 2.76. The van der Waals surface area contributed by atoms with E-state index in [9.17, 15) is 14.4 Å². The topological polar surface area (TPSA) is 85.4 Å². The maximum atomic E-state index is 12.2. The Bertz CT molecular complexity index is 682. The lowest BCUT2D eigenvalue weighted by atomic mass is 10.2. The summed E-state index contributed by atoms with van der Waals surface area (Å²) in [5, 5.41) is 0. The molecule has 2 aliphatic heterocycles. The van der Waals surface area contributed by atoms with Gasteiger partial charge in [0, 0.05) is 45.6 Å². The van der Waals surface area contributed by atoms with Crippen LogP contribution in [0.15, 0.2) is 18.2 Å². The second kappa shape index (κ2) is 7.42. The van der Waals surface area contributed by atoms with Crippen LogP contribution in [0.5, 0.6) is 17.2 Å². The predicted octanol–water partition coefficient (Wildman–Crippen LogP) is 0.792. The molecule has 0 spiro atoms. The molecule has 0 atom stereocenters. The Kier molecular flexibility index (Phi) is 5.06.